The maximum atomic E-state index is 14.4. The topological polar surface area (TPSA) is 32.8 Å². The Morgan fingerprint density at radius 3 is 1.05 bits per heavy atom. The largest absolute Gasteiger partial charge is 0.452 e. The quantitative estimate of drug-likeness (QED) is 0.167. The normalized spacial score (nSPS) is 11.9. The molecule has 0 amide bonds. The fraction of sp³-hybridized carbons (Fsp3) is 0.107. The Hall–Kier alpha value is -7.44. The Balaban J connectivity index is 1.18. The van der Waals surface area contributed by atoms with Crippen LogP contribution in [-0.2, 0) is 0 Å². The monoisotopic (exact) mass is 812 g/mol. The molecule has 302 valence electrons. The van der Waals surface area contributed by atoms with Crippen molar-refractivity contribution in [3.63, 3.8) is 0 Å². The first-order valence-corrected chi connectivity index (χ1v) is 21.0. The van der Waals surface area contributed by atoms with Crippen molar-refractivity contribution in [2.24, 2.45) is 0 Å². The molecule has 2 heterocycles. The van der Waals surface area contributed by atoms with Crippen LogP contribution in [0.3, 0.4) is 0 Å². The molecule has 62 heavy (non-hydrogen) atoms. The van der Waals surface area contributed by atoms with Crippen molar-refractivity contribution >= 4 is 99.5 Å². The van der Waals surface area contributed by atoms with Crippen LogP contribution in [-0.4, -0.2) is 0 Å². The van der Waals surface area contributed by atoms with Crippen molar-refractivity contribution in [2.75, 3.05) is 9.80 Å². The number of furan rings is 2. The molecule has 11 aromatic rings. The molecule has 0 aliphatic heterocycles. The first-order chi connectivity index (χ1) is 30.0. The van der Waals surface area contributed by atoms with Gasteiger partial charge < -0.3 is 18.6 Å². The Labute approximate surface area is 357 Å². The van der Waals surface area contributed by atoms with E-state index in [1.165, 1.54) is 57.6 Å². The molecule has 2 aromatic heterocycles. The van der Waals surface area contributed by atoms with E-state index < -0.39 is 0 Å². The van der Waals surface area contributed by atoms with E-state index in [0.717, 1.165) is 77.2 Å². The molecule has 0 atom stereocenters. The van der Waals surface area contributed by atoms with Gasteiger partial charge in [-0.1, -0.05) is 48.5 Å². The molecule has 11 rings (SSSR count). The zero-order chi connectivity index (χ0) is 42.6. The van der Waals surface area contributed by atoms with E-state index in [2.05, 4.69) is 148 Å². The highest BCUT2D eigenvalue weighted by Gasteiger charge is 2.26. The molecule has 0 saturated heterocycles. The van der Waals surface area contributed by atoms with E-state index >= 15 is 0 Å². The van der Waals surface area contributed by atoms with Crippen molar-refractivity contribution in [3.8, 4) is 0 Å². The molecule has 0 spiro atoms. The van der Waals surface area contributed by atoms with Gasteiger partial charge in [-0.3, -0.25) is 0 Å². The van der Waals surface area contributed by atoms with Gasteiger partial charge in [0.05, 0.1) is 11.4 Å². The number of fused-ring (bicyclic) bond motifs is 11. The fourth-order valence-corrected chi connectivity index (χ4v) is 9.45. The second-order valence-electron chi connectivity index (χ2n) is 16.7. The predicted molar refractivity (Wildman–Crippen MR) is 254 cm³/mol. The summed E-state index contributed by atoms with van der Waals surface area (Å²) in [4.78, 5) is 4.39. The first kappa shape index (κ1) is 37.6. The lowest BCUT2D eigenvalue weighted by Crippen LogP contribution is -2.11. The first-order valence-electron chi connectivity index (χ1n) is 21.0. The van der Waals surface area contributed by atoms with E-state index in [1.54, 1.807) is 0 Å². The third-order valence-electron chi connectivity index (χ3n) is 13.0. The van der Waals surface area contributed by atoms with Gasteiger partial charge in [-0.15, -0.1) is 0 Å². The Morgan fingerprint density at radius 2 is 0.694 bits per heavy atom. The van der Waals surface area contributed by atoms with Crippen LogP contribution >= 0.6 is 0 Å². The van der Waals surface area contributed by atoms with E-state index in [9.17, 15) is 8.78 Å². The Morgan fingerprint density at radius 1 is 0.355 bits per heavy atom. The third kappa shape index (κ3) is 5.77. The zero-order valence-corrected chi connectivity index (χ0v) is 35.3. The smallest absolute Gasteiger partial charge is 0.178 e. The Kier molecular flexibility index (Phi) is 8.52. The average Bonchev–Trinajstić information content (AvgIpc) is 3.85. The summed E-state index contributed by atoms with van der Waals surface area (Å²) in [5.41, 5.74) is 15.4. The van der Waals surface area contributed by atoms with Gasteiger partial charge >= 0.3 is 0 Å². The molecule has 0 aliphatic rings. The number of aryl methyl sites for hydroxylation is 4. The van der Waals surface area contributed by atoms with Gasteiger partial charge in [-0.25, -0.2) is 8.78 Å². The molecule has 4 nitrogen and oxygen atoms in total. The van der Waals surface area contributed by atoms with Crippen LogP contribution in [0.5, 0.6) is 0 Å². The highest BCUT2D eigenvalue weighted by atomic mass is 19.1. The van der Waals surface area contributed by atoms with Gasteiger partial charge in [-0.2, -0.15) is 0 Å². The lowest BCUT2D eigenvalue weighted by Gasteiger charge is -2.28. The number of halogens is 2. The molecule has 0 saturated carbocycles. The minimum absolute atomic E-state index is 0.291. The number of nitrogens with zero attached hydrogens (tertiary/aromatic N) is 2. The van der Waals surface area contributed by atoms with Gasteiger partial charge in [0.1, 0.15) is 22.8 Å². The van der Waals surface area contributed by atoms with E-state index in [-0.39, 0.29) is 11.6 Å². The number of anilines is 6. The van der Waals surface area contributed by atoms with Gasteiger partial charge in [0.25, 0.3) is 0 Å². The van der Waals surface area contributed by atoms with Crippen molar-refractivity contribution in [1.82, 2.24) is 0 Å². The number of hydrogen-bond donors (Lipinski definition) is 0. The molecule has 0 aliphatic carbocycles. The molecule has 0 radical (unpaired) electrons. The summed E-state index contributed by atoms with van der Waals surface area (Å²) in [6.45, 7) is 12.8. The van der Waals surface area contributed by atoms with Crippen molar-refractivity contribution in [3.05, 3.63) is 191 Å². The SMILES string of the molecule is Cc1cc(N(c2ccc(F)cc2)c2cc3oc4c(ccc5c4oc4cc(N(c6ccc(F)cc6)c6cc(C)c(C)c(C)c6)c6ccccc6c45)c3c3ccccc23)cc(C)c1C. The molecule has 0 unspecified atom stereocenters. The van der Waals surface area contributed by atoms with Crippen LogP contribution in [0, 0.1) is 53.2 Å². The predicted octanol–water partition coefficient (Wildman–Crippen LogP) is 16.9. The molecule has 9 aromatic carbocycles. The van der Waals surface area contributed by atoms with Crippen LogP contribution in [0.15, 0.2) is 154 Å². The van der Waals surface area contributed by atoms with E-state index in [1.807, 2.05) is 24.3 Å². The second-order valence-corrected chi connectivity index (χ2v) is 16.7. The molecular weight excluding hydrogens is 771 g/mol. The van der Waals surface area contributed by atoms with Gasteiger partial charge in [0.2, 0.25) is 0 Å². The summed E-state index contributed by atoms with van der Waals surface area (Å²) < 4.78 is 42.8. The van der Waals surface area contributed by atoms with Crippen molar-refractivity contribution in [1.29, 1.82) is 0 Å². The van der Waals surface area contributed by atoms with E-state index in [0.29, 0.717) is 22.3 Å². The fourth-order valence-electron chi connectivity index (χ4n) is 9.45. The maximum Gasteiger partial charge on any atom is 0.178 e. The van der Waals surface area contributed by atoms with Crippen LogP contribution in [0.2, 0.25) is 0 Å². The summed E-state index contributed by atoms with van der Waals surface area (Å²) in [7, 11) is 0. The van der Waals surface area contributed by atoms with Gasteiger partial charge in [0.15, 0.2) is 11.2 Å². The molecule has 6 heteroatoms. The minimum atomic E-state index is -0.291. The highest BCUT2D eigenvalue weighted by molar-refractivity contribution is 6.29. The summed E-state index contributed by atoms with van der Waals surface area (Å²) in [5, 5.41) is 8.03. The summed E-state index contributed by atoms with van der Waals surface area (Å²) >= 11 is 0. The van der Waals surface area contributed by atoms with Crippen molar-refractivity contribution in [2.45, 2.75) is 41.5 Å². The summed E-state index contributed by atoms with van der Waals surface area (Å²) in [6.07, 6.45) is 0. The van der Waals surface area contributed by atoms with Gasteiger partial charge in [-0.05, 0) is 171 Å². The highest BCUT2D eigenvalue weighted by Crippen LogP contribution is 2.49. The minimum Gasteiger partial charge on any atom is -0.452 e. The molecule has 0 N–H and O–H groups in total. The van der Waals surface area contributed by atoms with Crippen LogP contribution in [0.1, 0.15) is 33.4 Å². The lowest BCUT2D eigenvalue weighted by molar-refractivity contribution is 0.627. The van der Waals surface area contributed by atoms with Gasteiger partial charge in [0, 0.05) is 67.2 Å². The van der Waals surface area contributed by atoms with E-state index in [4.69, 9.17) is 8.83 Å². The van der Waals surface area contributed by atoms with Crippen LogP contribution in [0.25, 0.3) is 65.4 Å². The zero-order valence-electron chi connectivity index (χ0n) is 35.3. The molecular formula is C56H42F2N2O2. The average molecular weight is 813 g/mol. The number of rotatable bonds is 6. The van der Waals surface area contributed by atoms with Crippen LogP contribution in [0.4, 0.5) is 42.9 Å². The number of hydrogen-bond acceptors (Lipinski definition) is 4. The standard InChI is InChI=1S/C56H42F2N2O2/c1-31-25-41(26-32(2)35(31)5)59(39-19-15-37(57)16-20-39)49-29-51-53(45-13-9-7-11-43(45)49)47-23-24-48-54-46-14-10-8-12-44(46)50(30-52(54)62-56(48)55(47)61-51)60(40-21-17-38(58)18-22-40)42-27-33(3)36(6)34(4)28-42/h7-30H,1-6H3. The summed E-state index contributed by atoms with van der Waals surface area (Å²) in [6, 6.07) is 47.4. The third-order valence-corrected chi connectivity index (χ3v) is 13.0. The number of benzene rings is 9. The van der Waals surface area contributed by atoms with Crippen LogP contribution < -0.4 is 9.80 Å². The summed E-state index contributed by atoms with van der Waals surface area (Å²) in [5.74, 6) is -0.582. The maximum absolute atomic E-state index is 14.4. The lowest BCUT2D eigenvalue weighted by atomic mass is 9.98. The molecule has 0 bridgehead atoms. The Bertz CT molecular complexity index is 3330. The second kappa shape index (κ2) is 14.1. The molecule has 0 fully saturated rings. The van der Waals surface area contributed by atoms with Crippen molar-refractivity contribution < 1.29 is 17.6 Å².